The fourth-order valence-electron chi connectivity index (χ4n) is 1.93. The molecule has 0 bridgehead atoms. The van der Waals surface area contributed by atoms with Crippen molar-refractivity contribution in [2.45, 2.75) is 58.7 Å². The molecule has 6 nitrogen and oxygen atoms in total. The molecule has 9 heteroatoms. The minimum absolute atomic E-state index is 0.347. The minimum Gasteiger partial charge on any atom is -0.444 e. The van der Waals surface area contributed by atoms with Crippen LogP contribution in [0, 0.1) is 0 Å². The van der Waals surface area contributed by atoms with Crippen molar-refractivity contribution in [3.05, 3.63) is 29.8 Å². The highest BCUT2D eigenvalue weighted by Crippen LogP contribution is 2.24. The Morgan fingerprint density at radius 1 is 1.00 bits per heavy atom. The second kappa shape index (κ2) is 8.29. The Balaban J connectivity index is 2.59. The molecule has 2 atom stereocenters. The van der Waals surface area contributed by atoms with Gasteiger partial charge in [0, 0.05) is 0 Å². The predicted octanol–water partition coefficient (Wildman–Crippen LogP) is 3.68. The molecule has 1 aromatic carbocycles. The number of nitrogens with one attached hydrogen (secondary N) is 2. The van der Waals surface area contributed by atoms with E-state index < -0.39 is 36.0 Å². The third-order valence-electron chi connectivity index (χ3n) is 3.10. The van der Waals surface area contributed by atoms with Gasteiger partial charge in [-0.15, -0.1) is 13.2 Å². The summed E-state index contributed by atoms with van der Waals surface area (Å²) in [5, 5.41) is 5.07. The number of halogens is 3. The number of hydrogen-bond acceptors (Lipinski definition) is 4. The van der Waals surface area contributed by atoms with Crippen LogP contribution >= 0.6 is 0 Å². The topological polar surface area (TPSA) is 76.7 Å². The normalized spacial score (nSPS) is 14.2. The van der Waals surface area contributed by atoms with Gasteiger partial charge in [-0.3, -0.25) is 4.79 Å². The number of carbonyl (C=O) groups is 2. The number of ether oxygens (including phenoxy) is 2. The highest BCUT2D eigenvalue weighted by Gasteiger charge is 2.31. The van der Waals surface area contributed by atoms with Gasteiger partial charge in [0.15, 0.2) is 0 Å². The molecular formula is C17H23F3N2O4. The molecule has 0 saturated carbocycles. The van der Waals surface area contributed by atoms with E-state index >= 15 is 0 Å². The Labute approximate surface area is 150 Å². The standard InChI is InChI=1S/C17H23F3N2O4/c1-10(12-6-8-13(9-7-12)25-17(18,19)20)21-14(23)11(2)22-15(24)26-16(3,4)5/h6-11H,1-5H3,(H,21,23)(H,22,24). The lowest BCUT2D eigenvalue weighted by Crippen LogP contribution is -2.47. The molecule has 0 aliphatic heterocycles. The molecular weight excluding hydrogens is 353 g/mol. The minimum atomic E-state index is -4.76. The summed E-state index contributed by atoms with van der Waals surface area (Å²) >= 11 is 0. The molecule has 0 saturated heterocycles. The van der Waals surface area contributed by atoms with E-state index in [1.165, 1.54) is 19.1 Å². The first kappa shape index (κ1) is 21.6. The molecule has 1 aromatic rings. The first-order valence-electron chi connectivity index (χ1n) is 7.92. The van der Waals surface area contributed by atoms with Crippen LogP contribution in [0.4, 0.5) is 18.0 Å². The van der Waals surface area contributed by atoms with Crippen molar-refractivity contribution in [3.63, 3.8) is 0 Å². The number of benzene rings is 1. The van der Waals surface area contributed by atoms with Gasteiger partial charge < -0.3 is 20.1 Å². The summed E-state index contributed by atoms with van der Waals surface area (Å²) in [6.07, 6.45) is -5.48. The Kier molecular flexibility index (Phi) is 6.88. The summed E-state index contributed by atoms with van der Waals surface area (Å²) in [4.78, 5) is 23.8. The Morgan fingerprint density at radius 2 is 1.54 bits per heavy atom. The quantitative estimate of drug-likeness (QED) is 0.822. The predicted molar refractivity (Wildman–Crippen MR) is 88.5 cm³/mol. The van der Waals surface area contributed by atoms with E-state index in [2.05, 4.69) is 15.4 Å². The SMILES string of the molecule is CC(NC(=O)OC(C)(C)C)C(=O)NC(C)c1ccc(OC(F)(F)F)cc1. The van der Waals surface area contributed by atoms with E-state index in [1.807, 2.05) is 0 Å². The maximum absolute atomic E-state index is 12.1. The number of hydrogen-bond donors (Lipinski definition) is 2. The lowest BCUT2D eigenvalue weighted by Gasteiger charge is -2.23. The molecule has 0 aliphatic carbocycles. The summed E-state index contributed by atoms with van der Waals surface area (Å²) in [6.45, 7) is 8.26. The smallest absolute Gasteiger partial charge is 0.444 e. The van der Waals surface area contributed by atoms with E-state index in [4.69, 9.17) is 4.74 Å². The molecule has 0 radical (unpaired) electrons. The molecule has 2 N–H and O–H groups in total. The van der Waals surface area contributed by atoms with Crippen LogP contribution < -0.4 is 15.4 Å². The average Bonchev–Trinajstić information content (AvgIpc) is 2.43. The van der Waals surface area contributed by atoms with Gasteiger partial charge in [-0.2, -0.15) is 0 Å². The van der Waals surface area contributed by atoms with Crippen molar-refractivity contribution in [3.8, 4) is 5.75 Å². The van der Waals surface area contributed by atoms with Crippen LogP contribution in [0.5, 0.6) is 5.75 Å². The fraction of sp³-hybridized carbons (Fsp3) is 0.529. The zero-order valence-corrected chi connectivity index (χ0v) is 15.2. The molecule has 2 amide bonds. The summed E-state index contributed by atoms with van der Waals surface area (Å²) in [5.41, 5.74) is -0.106. The molecule has 1 rings (SSSR count). The molecule has 2 unspecified atom stereocenters. The molecule has 0 heterocycles. The molecule has 0 fully saturated rings. The maximum atomic E-state index is 12.1. The van der Waals surface area contributed by atoms with Gasteiger partial charge in [0.05, 0.1) is 6.04 Å². The number of alkyl carbamates (subject to hydrolysis) is 1. The van der Waals surface area contributed by atoms with Gasteiger partial charge in [-0.05, 0) is 52.3 Å². The zero-order valence-electron chi connectivity index (χ0n) is 15.2. The van der Waals surface area contributed by atoms with Crippen molar-refractivity contribution < 1.29 is 32.2 Å². The van der Waals surface area contributed by atoms with Gasteiger partial charge in [0.1, 0.15) is 17.4 Å². The van der Waals surface area contributed by atoms with Crippen molar-refractivity contribution in [1.82, 2.24) is 10.6 Å². The molecule has 0 spiro atoms. The molecule has 26 heavy (non-hydrogen) atoms. The monoisotopic (exact) mass is 376 g/mol. The second-order valence-corrected chi connectivity index (χ2v) is 6.72. The van der Waals surface area contributed by atoms with Crippen LogP contribution in [0.1, 0.15) is 46.2 Å². The van der Waals surface area contributed by atoms with E-state index in [0.29, 0.717) is 5.56 Å². The third kappa shape index (κ3) is 8.09. The molecule has 0 aliphatic rings. The maximum Gasteiger partial charge on any atom is 0.573 e. The van der Waals surface area contributed by atoms with Crippen molar-refractivity contribution in [2.75, 3.05) is 0 Å². The van der Waals surface area contributed by atoms with Crippen LogP contribution in [-0.4, -0.2) is 30.0 Å². The van der Waals surface area contributed by atoms with Crippen LogP contribution in [0.15, 0.2) is 24.3 Å². The number of carbonyl (C=O) groups excluding carboxylic acids is 2. The van der Waals surface area contributed by atoms with Crippen molar-refractivity contribution in [1.29, 1.82) is 0 Å². The average molecular weight is 376 g/mol. The van der Waals surface area contributed by atoms with Crippen LogP contribution in [0.25, 0.3) is 0 Å². The molecule has 146 valence electrons. The van der Waals surface area contributed by atoms with Gasteiger partial charge >= 0.3 is 12.5 Å². The summed E-state index contributed by atoms with van der Waals surface area (Å²) in [7, 11) is 0. The summed E-state index contributed by atoms with van der Waals surface area (Å²) < 4.78 is 45.3. The van der Waals surface area contributed by atoms with Crippen LogP contribution in [-0.2, 0) is 9.53 Å². The number of amides is 2. The highest BCUT2D eigenvalue weighted by molar-refractivity contribution is 5.85. The van der Waals surface area contributed by atoms with E-state index in [-0.39, 0.29) is 5.75 Å². The largest absolute Gasteiger partial charge is 0.573 e. The summed E-state index contributed by atoms with van der Waals surface area (Å²) in [5.74, 6) is -0.807. The Bertz CT molecular complexity index is 624. The van der Waals surface area contributed by atoms with E-state index in [0.717, 1.165) is 12.1 Å². The van der Waals surface area contributed by atoms with E-state index in [1.54, 1.807) is 27.7 Å². The van der Waals surface area contributed by atoms with Gasteiger partial charge in [-0.25, -0.2) is 4.79 Å². The van der Waals surface area contributed by atoms with Crippen LogP contribution in [0.3, 0.4) is 0 Å². The van der Waals surface area contributed by atoms with Gasteiger partial charge in [0.2, 0.25) is 5.91 Å². The molecule has 0 aromatic heterocycles. The highest BCUT2D eigenvalue weighted by atomic mass is 19.4. The second-order valence-electron chi connectivity index (χ2n) is 6.72. The summed E-state index contributed by atoms with van der Waals surface area (Å²) in [6, 6.07) is 3.82. The van der Waals surface area contributed by atoms with E-state index in [9.17, 15) is 22.8 Å². The lowest BCUT2D eigenvalue weighted by molar-refractivity contribution is -0.274. The van der Waals surface area contributed by atoms with Crippen molar-refractivity contribution >= 4 is 12.0 Å². The Morgan fingerprint density at radius 3 is 2.00 bits per heavy atom. The first-order valence-corrected chi connectivity index (χ1v) is 7.92. The van der Waals surface area contributed by atoms with Crippen LogP contribution in [0.2, 0.25) is 0 Å². The lowest BCUT2D eigenvalue weighted by atomic mass is 10.1. The number of rotatable bonds is 5. The van der Waals surface area contributed by atoms with Gasteiger partial charge in [-0.1, -0.05) is 12.1 Å². The Hall–Kier alpha value is -2.45. The van der Waals surface area contributed by atoms with Crippen molar-refractivity contribution in [2.24, 2.45) is 0 Å². The fourth-order valence-corrected chi connectivity index (χ4v) is 1.93. The first-order chi connectivity index (χ1) is 11.8. The van der Waals surface area contributed by atoms with Gasteiger partial charge in [0.25, 0.3) is 0 Å². The third-order valence-corrected chi connectivity index (χ3v) is 3.10. The number of alkyl halides is 3. The zero-order chi connectivity index (χ0) is 20.1.